The van der Waals surface area contributed by atoms with Gasteiger partial charge in [0.15, 0.2) is 0 Å². The molecule has 0 spiro atoms. The number of thioether (sulfide) groups is 1. The summed E-state index contributed by atoms with van der Waals surface area (Å²) in [6, 6.07) is 13.6. The Morgan fingerprint density at radius 3 is 2.48 bits per heavy atom. The van der Waals surface area contributed by atoms with Crippen LogP contribution in [0.1, 0.15) is 35.1 Å². The van der Waals surface area contributed by atoms with Crippen molar-refractivity contribution in [2.75, 3.05) is 19.5 Å². The maximum atomic E-state index is 13.4. The fourth-order valence-electron chi connectivity index (χ4n) is 3.08. The van der Waals surface area contributed by atoms with E-state index in [4.69, 9.17) is 21.1 Å². The predicted molar refractivity (Wildman–Crippen MR) is 115 cm³/mol. The second kappa shape index (κ2) is 9.55. The number of nitrogens with zero attached hydrogens (tertiary/aromatic N) is 1. The molecule has 29 heavy (non-hydrogen) atoms. The van der Waals surface area contributed by atoms with Crippen molar-refractivity contribution in [3.8, 4) is 5.75 Å². The molecular weight excluding hydrogens is 410 g/mol. The molecule has 2 aromatic carbocycles. The van der Waals surface area contributed by atoms with Crippen LogP contribution in [0.25, 0.3) is 0 Å². The SMILES string of the molecule is COc1ccc(C(=O)N2C(C(=O)OCC(C)C)CSC2c2ccccc2Cl)cc1. The number of hydrogen-bond acceptors (Lipinski definition) is 5. The minimum Gasteiger partial charge on any atom is -0.497 e. The second-order valence-corrected chi connectivity index (χ2v) is 8.71. The third-order valence-corrected chi connectivity index (χ3v) is 6.22. The summed E-state index contributed by atoms with van der Waals surface area (Å²) in [6.45, 7) is 4.27. The molecule has 0 saturated carbocycles. The molecule has 0 bridgehead atoms. The highest BCUT2D eigenvalue weighted by Gasteiger charge is 2.44. The van der Waals surface area contributed by atoms with Crippen LogP contribution in [0.2, 0.25) is 5.02 Å². The molecule has 1 heterocycles. The van der Waals surface area contributed by atoms with Gasteiger partial charge in [0.25, 0.3) is 5.91 Å². The monoisotopic (exact) mass is 433 g/mol. The first-order valence-corrected chi connectivity index (χ1v) is 10.8. The molecule has 1 saturated heterocycles. The molecule has 2 aromatic rings. The fraction of sp³-hybridized carbons (Fsp3) is 0.364. The number of ether oxygens (including phenoxy) is 2. The highest BCUT2D eigenvalue weighted by atomic mass is 35.5. The Balaban J connectivity index is 1.93. The Labute approximate surface area is 180 Å². The van der Waals surface area contributed by atoms with Crippen LogP contribution in [0.4, 0.5) is 0 Å². The van der Waals surface area contributed by atoms with Crippen LogP contribution in [0, 0.1) is 5.92 Å². The molecule has 1 fully saturated rings. The van der Waals surface area contributed by atoms with Gasteiger partial charge in [0, 0.05) is 21.9 Å². The molecule has 154 valence electrons. The Bertz CT molecular complexity index is 871. The minimum atomic E-state index is -0.672. The molecule has 0 N–H and O–H groups in total. The molecule has 0 radical (unpaired) electrons. The largest absolute Gasteiger partial charge is 0.497 e. The Hall–Kier alpha value is -2.18. The van der Waals surface area contributed by atoms with Crippen molar-refractivity contribution in [2.24, 2.45) is 5.92 Å². The molecule has 1 amide bonds. The number of benzene rings is 2. The van der Waals surface area contributed by atoms with E-state index in [0.29, 0.717) is 28.7 Å². The third kappa shape index (κ3) is 4.87. The Kier molecular flexibility index (Phi) is 7.09. The average molecular weight is 434 g/mol. The predicted octanol–water partition coefficient (Wildman–Crippen LogP) is 4.80. The fourth-order valence-corrected chi connectivity index (χ4v) is 4.83. The van der Waals surface area contributed by atoms with E-state index in [0.717, 1.165) is 5.56 Å². The standard InChI is InChI=1S/C22H24ClNO4S/c1-14(2)12-28-22(26)19-13-29-21(17-6-4-5-7-18(17)23)24(19)20(25)15-8-10-16(27-3)11-9-15/h4-11,14,19,21H,12-13H2,1-3H3. The lowest BCUT2D eigenvalue weighted by Gasteiger charge is -2.29. The van der Waals surface area contributed by atoms with E-state index in [1.807, 2.05) is 32.0 Å². The lowest BCUT2D eigenvalue weighted by molar-refractivity contribution is -0.149. The van der Waals surface area contributed by atoms with Gasteiger partial charge in [-0.3, -0.25) is 4.79 Å². The normalized spacial score (nSPS) is 18.7. The van der Waals surface area contributed by atoms with Crippen LogP contribution in [0.3, 0.4) is 0 Å². The summed E-state index contributed by atoms with van der Waals surface area (Å²) < 4.78 is 10.6. The van der Waals surface area contributed by atoms with Crippen LogP contribution in [-0.2, 0) is 9.53 Å². The van der Waals surface area contributed by atoms with Crippen molar-refractivity contribution in [2.45, 2.75) is 25.3 Å². The van der Waals surface area contributed by atoms with Gasteiger partial charge in [-0.15, -0.1) is 11.8 Å². The van der Waals surface area contributed by atoms with Crippen LogP contribution in [0.5, 0.6) is 5.75 Å². The lowest BCUT2D eigenvalue weighted by atomic mass is 10.1. The molecule has 5 nitrogen and oxygen atoms in total. The van der Waals surface area contributed by atoms with Gasteiger partial charge in [-0.25, -0.2) is 4.79 Å². The summed E-state index contributed by atoms with van der Waals surface area (Å²) in [5.41, 5.74) is 1.28. The maximum Gasteiger partial charge on any atom is 0.329 e. The number of rotatable bonds is 6. The Morgan fingerprint density at radius 2 is 1.86 bits per heavy atom. The first-order chi connectivity index (χ1) is 13.9. The smallest absolute Gasteiger partial charge is 0.329 e. The summed E-state index contributed by atoms with van der Waals surface area (Å²) in [5, 5.41) is 0.198. The van der Waals surface area contributed by atoms with Crippen LogP contribution in [-0.4, -0.2) is 42.3 Å². The van der Waals surface area contributed by atoms with E-state index < -0.39 is 6.04 Å². The second-order valence-electron chi connectivity index (χ2n) is 7.19. The number of methoxy groups -OCH3 is 1. The zero-order chi connectivity index (χ0) is 21.0. The van der Waals surface area contributed by atoms with E-state index in [9.17, 15) is 9.59 Å². The third-order valence-electron chi connectivity index (χ3n) is 4.57. The van der Waals surface area contributed by atoms with Gasteiger partial charge in [-0.2, -0.15) is 0 Å². The molecule has 0 aliphatic carbocycles. The van der Waals surface area contributed by atoms with Gasteiger partial charge in [0.2, 0.25) is 0 Å². The summed E-state index contributed by atoms with van der Waals surface area (Å²) >= 11 is 7.92. The van der Waals surface area contributed by atoms with Crippen molar-refractivity contribution in [3.63, 3.8) is 0 Å². The van der Waals surface area contributed by atoms with Gasteiger partial charge in [0.05, 0.1) is 13.7 Å². The lowest BCUT2D eigenvalue weighted by Crippen LogP contribution is -2.44. The quantitative estimate of drug-likeness (QED) is 0.612. The number of hydrogen-bond donors (Lipinski definition) is 0. The zero-order valence-corrected chi connectivity index (χ0v) is 18.2. The average Bonchev–Trinajstić information content (AvgIpc) is 3.16. The summed E-state index contributed by atoms with van der Waals surface area (Å²) in [6.07, 6.45) is 0. The molecule has 1 aliphatic heterocycles. The first kappa shape index (κ1) is 21.5. The van der Waals surface area contributed by atoms with E-state index in [-0.39, 0.29) is 23.2 Å². The minimum absolute atomic E-state index is 0.220. The number of amides is 1. The molecule has 2 atom stereocenters. The van der Waals surface area contributed by atoms with E-state index in [2.05, 4.69) is 0 Å². The van der Waals surface area contributed by atoms with Crippen molar-refractivity contribution in [1.29, 1.82) is 0 Å². The van der Waals surface area contributed by atoms with E-state index in [1.54, 1.807) is 42.3 Å². The number of carbonyl (C=O) groups is 2. The molecule has 2 unspecified atom stereocenters. The first-order valence-electron chi connectivity index (χ1n) is 9.41. The molecule has 1 aliphatic rings. The van der Waals surface area contributed by atoms with Gasteiger partial charge < -0.3 is 14.4 Å². The van der Waals surface area contributed by atoms with Gasteiger partial charge in [-0.1, -0.05) is 43.6 Å². The molecule has 3 rings (SSSR count). The maximum absolute atomic E-state index is 13.4. The van der Waals surface area contributed by atoms with Crippen molar-refractivity contribution in [1.82, 2.24) is 4.90 Å². The molecule has 7 heteroatoms. The topological polar surface area (TPSA) is 55.8 Å². The highest BCUT2D eigenvalue weighted by Crippen LogP contribution is 2.44. The number of halogens is 1. The van der Waals surface area contributed by atoms with Gasteiger partial charge in [-0.05, 0) is 36.2 Å². The molecule has 0 aromatic heterocycles. The van der Waals surface area contributed by atoms with Gasteiger partial charge >= 0.3 is 5.97 Å². The van der Waals surface area contributed by atoms with Crippen molar-refractivity contribution in [3.05, 3.63) is 64.7 Å². The van der Waals surface area contributed by atoms with Gasteiger partial charge in [0.1, 0.15) is 17.2 Å². The Morgan fingerprint density at radius 1 is 1.17 bits per heavy atom. The summed E-state index contributed by atoms with van der Waals surface area (Å²) in [4.78, 5) is 27.8. The van der Waals surface area contributed by atoms with E-state index >= 15 is 0 Å². The van der Waals surface area contributed by atoms with Crippen LogP contribution in [0.15, 0.2) is 48.5 Å². The number of carbonyl (C=O) groups excluding carboxylic acids is 2. The summed E-state index contributed by atoms with van der Waals surface area (Å²) in [7, 11) is 1.57. The number of esters is 1. The molecular formula is C22H24ClNO4S. The van der Waals surface area contributed by atoms with E-state index in [1.165, 1.54) is 11.8 Å². The van der Waals surface area contributed by atoms with Crippen molar-refractivity contribution < 1.29 is 19.1 Å². The summed E-state index contributed by atoms with van der Waals surface area (Å²) in [5.74, 6) is 0.706. The van der Waals surface area contributed by atoms with Crippen LogP contribution >= 0.6 is 23.4 Å². The zero-order valence-electron chi connectivity index (χ0n) is 16.6. The highest BCUT2D eigenvalue weighted by molar-refractivity contribution is 7.99. The van der Waals surface area contributed by atoms with Crippen LogP contribution < -0.4 is 4.74 Å². The van der Waals surface area contributed by atoms with Crippen molar-refractivity contribution >= 4 is 35.2 Å².